The summed E-state index contributed by atoms with van der Waals surface area (Å²) in [6, 6.07) is 12.1. The number of nitrogens with one attached hydrogen (secondary N) is 1. The van der Waals surface area contributed by atoms with Crippen LogP contribution in [0.5, 0.6) is 0 Å². The van der Waals surface area contributed by atoms with Gasteiger partial charge in [-0.2, -0.15) is 0 Å². The van der Waals surface area contributed by atoms with Gasteiger partial charge in [0.05, 0.1) is 11.9 Å². The summed E-state index contributed by atoms with van der Waals surface area (Å²) in [7, 11) is -3.77. The Morgan fingerprint density at radius 3 is 2.03 bits per heavy atom. The molecule has 0 fully saturated rings. The molecule has 0 saturated heterocycles. The number of aryl methyl sites for hydroxylation is 2. The monoisotopic (exact) mass is 551 g/mol. The third-order valence-corrected chi connectivity index (χ3v) is 6.94. The highest BCUT2D eigenvalue weighted by molar-refractivity contribution is 9.10. The van der Waals surface area contributed by atoms with Crippen molar-refractivity contribution in [3.8, 4) is 0 Å². The molecule has 2 rings (SSSR count). The minimum absolute atomic E-state index is 0.162. The van der Waals surface area contributed by atoms with Crippen molar-refractivity contribution in [2.24, 2.45) is 0 Å². The van der Waals surface area contributed by atoms with Gasteiger partial charge in [-0.1, -0.05) is 46.3 Å². The molecule has 34 heavy (non-hydrogen) atoms. The second-order valence-corrected chi connectivity index (χ2v) is 12.4. The SMILES string of the molecule is Cc1cccc(C)c1N(CC(=O)N(Cc1ccc(Br)cc1)[C@H](C)C(=O)NC(C)(C)C)S(C)(=O)=O. The minimum Gasteiger partial charge on any atom is -0.350 e. The standard InChI is InChI=1S/C25H34BrN3O4S/c1-17-9-8-10-18(2)23(17)29(34(7,32)33)16-22(30)28(15-20-11-13-21(26)14-12-20)19(3)24(31)27-25(4,5)6/h8-14,19H,15-16H2,1-7H3,(H,27,31)/t19-/m1/s1. The average molecular weight is 553 g/mol. The summed E-state index contributed by atoms with van der Waals surface area (Å²) < 4.78 is 27.5. The number of para-hydroxylation sites is 1. The van der Waals surface area contributed by atoms with Gasteiger partial charge in [0.1, 0.15) is 12.6 Å². The Hall–Kier alpha value is -2.39. The second kappa shape index (κ2) is 10.9. The van der Waals surface area contributed by atoms with Crippen molar-refractivity contribution in [2.45, 2.75) is 59.7 Å². The number of rotatable bonds is 8. The zero-order chi connectivity index (χ0) is 25.8. The number of benzene rings is 2. The highest BCUT2D eigenvalue weighted by atomic mass is 79.9. The fourth-order valence-corrected chi connectivity index (χ4v) is 4.85. The van der Waals surface area contributed by atoms with Crippen LogP contribution in [0.1, 0.15) is 44.4 Å². The van der Waals surface area contributed by atoms with E-state index in [2.05, 4.69) is 21.2 Å². The first-order chi connectivity index (χ1) is 15.6. The van der Waals surface area contributed by atoms with E-state index in [1.165, 1.54) is 4.90 Å². The Bertz CT molecular complexity index is 1120. The predicted molar refractivity (Wildman–Crippen MR) is 140 cm³/mol. The predicted octanol–water partition coefficient (Wildman–Crippen LogP) is 4.16. The van der Waals surface area contributed by atoms with E-state index in [1.54, 1.807) is 6.92 Å². The van der Waals surface area contributed by atoms with Gasteiger partial charge in [0, 0.05) is 16.6 Å². The summed E-state index contributed by atoms with van der Waals surface area (Å²) in [4.78, 5) is 28.0. The Labute approximate surface area is 211 Å². The number of anilines is 1. The molecule has 0 saturated carbocycles. The molecule has 0 heterocycles. The third kappa shape index (κ3) is 7.56. The van der Waals surface area contributed by atoms with Gasteiger partial charge in [-0.15, -0.1) is 0 Å². The normalized spacial score (nSPS) is 12.7. The van der Waals surface area contributed by atoms with Gasteiger partial charge in [0.15, 0.2) is 0 Å². The lowest BCUT2D eigenvalue weighted by atomic mass is 10.1. The van der Waals surface area contributed by atoms with Crippen molar-refractivity contribution >= 4 is 43.5 Å². The molecule has 186 valence electrons. The molecule has 0 aliphatic rings. The van der Waals surface area contributed by atoms with Crippen LogP contribution in [-0.2, 0) is 26.2 Å². The largest absolute Gasteiger partial charge is 0.350 e. The van der Waals surface area contributed by atoms with Crippen molar-refractivity contribution < 1.29 is 18.0 Å². The number of hydrogen-bond donors (Lipinski definition) is 1. The molecule has 0 unspecified atom stereocenters. The number of hydrogen-bond acceptors (Lipinski definition) is 4. The highest BCUT2D eigenvalue weighted by Gasteiger charge is 2.32. The maximum Gasteiger partial charge on any atom is 0.244 e. The van der Waals surface area contributed by atoms with Crippen molar-refractivity contribution in [1.29, 1.82) is 0 Å². The number of carbonyl (C=O) groups is 2. The maximum absolute atomic E-state index is 13.6. The smallest absolute Gasteiger partial charge is 0.244 e. The Balaban J connectivity index is 2.45. The molecular weight excluding hydrogens is 518 g/mol. The molecule has 1 N–H and O–H groups in total. The van der Waals surface area contributed by atoms with Crippen LogP contribution < -0.4 is 9.62 Å². The van der Waals surface area contributed by atoms with Crippen molar-refractivity contribution in [3.05, 3.63) is 63.6 Å². The molecule has 1 atom stereocenters. The molecule has 7 nitrogen and oxygen atoms in total. The summed E-state index contributed by atoms with van der Waals surface area (Å²) in [5.41, 5.74) is 2.32. The van der Waals surface area contributed by atoms with E-state index in [9.17, 15) is 18.0 Å². The van der Waals surface area contributed by atoms with E-state index in [-0.39, 0.29) is 12.5 Å². The molecule has 0 aliphatic carbocycles. The van der Waals surface area contributed by atoms with Gasteiger partial charge in [0.2, 0.25) is 21.8 Å². The molecule has 9 heteroatoms. The number of nitrogens with zero attached hydrogens (tertiary/aromatic N) is 2. The first-order valence-electron chi connectivity index (χ1n) is 11.0. The summed E-state index contributed by atoms with van der Waals surface area (Å²) in [6.45, 7) is 10.6. The average Bonchev–Trinajstić information content (AvgIpc) is 2.69. The van der Waals surface area contributed by atoms with Crippen LogP contribution in [0, 0.1) is 13.8 Å². The summed E-state index contributed by atoms with van der Waals surface area (Å²) in [5.74, 6) is -0.775. The number of halogens is 1. The fourth-order valence-electron chi connectivity index (χ4n) is 3.62. The quantitative estimate of drug-likeness (QED) is 0.533. The van der Waals surface area contributed by atoms with Gasteiger partial charge in [0.25, 0.3) is 0 Å². The Morgan fingerprint density at radius 2 is 1.56 bits per heavy atom. The summed E-state index contributed by atoms with van der Waals surface area (Å²) >= 11 is 3.40. The third-order valence-electron chi connectivity index (χ3n) is 5.30. The Kier molecular flexibility index (Phi) is 8.93. The van der Waals surface area contributed by atoms with E-state index < -0.39 is 34.1 Å². The molecule has 2 aromatic rings. The van der Waals surface area contributed by atoms with E-state index in [0.717, 1.165) is 31.7 Å². The number of carbonyl (C=O) groups excluding carboxylic acids is 2. The number of amides is 2. The molecule has 2 amide bonds. The first-order valence-corrected chi connectivity index (χ1v) is 13.6. The lowest BCUT2D eigenvalue weighted by molar-refractivity contribution is -0.140. The lowest BCUT2D eigenvalue weighted by Gasteiger charge is -2.33. The van der Waals surface area contributed by atoms with E-state index in [4.69, 9.17) is 0 Å². The molecule has 0 radical (unpaired) electrons. The molecule has 0 bridgehead atoms. The van der Waals surface area contributed by atoms with E-state index in [1.807, 2.05) is 77.1 Å². The topological polar surface area (TPSA) is 86.8 Å². The van der Waals surface area contributed by atoms with E-state index >= 15 is 0 Å². The fraction of sp³-hybridized carbons (Fsp3) is 0.440. The summed E-state index contributed by atoms with van der Waals surface area (Å²) in [6.07, 6.45) is 1.08. The van der Waals surface area contributed by atoms with Crippen LogP contribution in [0.15, 0.2) is 46.9 Å². The Morgan fingerprint density at radius 1 is 1.03 bits per heavy atom. The van der Waals surface area contributed by atoms with Crippen molar-refractivity contribution in [1.82, 2.24) is 10.2 Å². The van der Waals surface area contributed by atoms with Gasteiger partial charge in [-0.25, -0.2) is 8.42 Å². The zero-order valence-corrected chi connectivity index (χ0v) is 23.2. The van der Waals surface area contributed by atoms with Crippen LogP contribution in [0.3, 0.4) is 0 Å². The van der Waals surface area contributed by atoms with Crippen LogP contribution >= 0.6 is 15.9 Å². The van der Waals surface area contributed by atoms with Gasteiger partial charge in [-0.05, 0) is 70.4 Å². The van der Waals surface area contributed by atoms with Crippen molar-refractivity contribution in [3.63, 3.8) is 0 Å². The zero-order valence-electron chi connectivity index (χ0n) is 20.8. The number of sulfonamides is 1. The van der Waals surface area contributed by atoms with E-state index in [0.29, 0.717) is 5.69 Å². The van der Waals surface area contributed by atoms with Gasteiger partial charge in [-0.3, -0.25) is 13.9 Å². The highest BCUT2D eigenvalue weighted by Crippen LogP contribution is 2.27. The molecular formula is C25H34BrN3O4S. The molecule has 2 aromatic carbocycles. The van der Waals surface area contributed by atoms with Crippen LogP contribution in [0.4, 0.5) is 5.69 Å². The van der Waals surface area contributed by atoms with Crippen molar-refractivity contribution in [2.75, 3.05) is 17.1 Å². The van der Waals surface area contributed by atoms with Crippen LogP contribution in [0.2, 0.25) is 0 Å². The van der Waals surface area contributed by atoms with Gasteiger partial charge >= 0.3 is 0 Å². The molecule has 0 aromatic heterocycles. The second-order valence-electron chi connectivity index (χ2n) is 9.57. The molecule has 0 aliphatic heterocycles. The van der Waals surface area contributed by atoms with Gasteiger partial charge < -0.3 is 10.2 Å². The first kappa shape index (κ1) is 27.9. The lowest BCUT2D eigenvalue weighted by Crippen LogP contribution is -2.54. The van der Waals surface area contributed by atoms with Crippen LogP contribution in [-0.4, -0.2) is 49.5 Å². The molecule has 0 spiro atoms. The van der Waals surface area contributed by atoms with Crippen LogP contribution in [0.25, 0.3) is 0 Å². The minimum atomic E-state index is -3.77. The summed E-state index contributed by atoms with van der Waals surface area (Å²) in [5, 5.41) is 2.91. The maximum atomic E-state index is 13.6.